The van der Waals surface area contributed by atoms with E-state index in [4.69, 9.17) is 4.74 Å². The number of nitrogens with zero attached hydrogens (tertiary/aromatic N) is 2. The molecule has 2 amide bonds. The van der Waals surface area contributed by atoms with Crippen LogP contribution < -0.4 is 5.32 Å². The second-order valence-corrected chi connectivity index (χ2v) is 11.8. The van der Waals surface area contributed by atoms with Gasteiger partial charge in [0.15, 0.2) is 11.6 Å². The Kier molecular flexibility index (Phi) is 10.9. The summed E-state index contributed by atoms with van der Waals surface area (Å²) in [4.78, 5) is 56.6. The summed E-state index contributed by atoms with van der Waals surface area (Å²) in [6.07, 6.45) is 0.642. The van der Waals surface area contributed by atoms with Crippen LogP contribution in [0.2, 0.25) is 0 Å². The molecule has 0 heterocycles. The van der Waals surface area contributed by atoms with Crippen molar-refractivity contribution in [2.24, 2.45) is 16.3 Å². The van der Waals surface area contributed by atoms with E-state index in [0.717, 1.165) is 0 Å². The van der Waals surface area contributed by atoms with Gasteiger partial charge in [-0.1, -0.05) is 34.6 Å². The topological polar surface area (TPSA) is 125 Å². The van der Waals surface area contributed by atoms with Gasteiger partial charge < -0.3 is 15.2 Å². The smallest absolute Gasteiger partial charge is 0.410 e. The molecule has 9 nitrogen and oxygen atoms in total. The van der Waals surface area contributed by atoms with Crippen molar-refractivity contribution in [3.8, 4) is 0 Å². The number of nitrogens with one attached hydrogen (secondary N) is 1. The molecule has 1 aliphatic carbocycles. The molecule has 0 aliphatic heterocycles. The predicted molar refractivity (Wildman–Crippen MR) is 140 cm³/mol. The molecule has 0 unspecified atom stereocenters. The molecule has 36 heavy (non-hydrogen) atoms. The fraction of sp³-hybridized carbons (Fsp3) is 0.741. The minimum atomic E-state index is -0.933. The number of Topliss-reactive ketones (excluding diaryl/α,β-unsaturated/α-hetero) is 2. The fourth-order valence-electron chi connectivity index (χ4n) is 3.88. The summed E-state index contributed by atoms with van der Waals surface area (Å²) in [6, 6.07) is -1.82. The van der Waals surface area contributed by atoms with E-state index in [-0.39, 0.29) is 47.2 Å². The average molecular weight is 508 g/mol. The van der Waals surface area contributed by atoms with Crippen molar-refractivity contribution < 1.29 is 29.0 Å². The Morgan fingerprint density at radius 3 is 2.22 bits per heavy atom. The van der Waals surface area contributed by atoms with Gasteiger partial charge >= 0.3 is 6.09 Å². The number of aliphatic hydroxyl groups excluding tert-OH is 1. The monoisotopic (exact) mass is 507 g/mol. The van der Waals surface area contributed by atoms with Gasteiger partial charge in [-0.05, 0) is 45.4 Å². The molecular formula is C27H45N3O6. The summed E-state index contributed by atoms with van der Waals surface area (Å²) in [5.74, 6) is -0.737. The van der Waals surface area contributed by atoms with Gasteiger partial charge in [0.2, 0.25) is 5.91 Å². The molecule has 9 heteroatoms. The number of carbonyl (C=O) groups is 4. The Bertz CT molecular complexity index is 911. The second kappa shape index (κ2) is 12.5. The van der Waals surface area contributed by atoms with E-state index in [2.05, 4.69) is 10.3 Å². The highest BCUT2D eigenvalue weighted by Gasteiger charge is 2.35. The largest absolute Gasteiger partial charge is 0.511 e. The first-order valence-corrected chi connectivity index (χ1v) is 12.7. The summed E-state index contributed by atoms with van der Waals surface area (Å²) in [6.45, 7) is 16.2. The average Bonchev–Trinajstić information content (AvgIpc) is 2.71. The van der Waals surface area contributed by atoms with Gasteiger partial charge in [-0.15, -0.1) is 0 Å². The van der Waals surface area contributed by atoms with Crippen LogP contribution in [-0.2, 0) is 19.1 Å². The normalized spacial score (nSPS) is 18.1. The van der Waals surface area contributed by atoms with E-state index < -0.39 is 29.7 Å². The first-order chi connectivity index (χ1) is 16.4. The van der Waals surface area contributed by atoms with Crippen LogP contribution in [0.4, 0.5) is 4.79 Å². The Morgan fingerprint density at radius 1 is 1.17 bits per heavy atom. The van der Waals surface area contributed by atoms with Crippen molar-refractivity contribution in [2.45, 2.75) is 106 Å². The number of carbonyl (C=O) groups excluding carboxylic acids is 4. The Balaban J connectivity index is 3.17. The first kappa shape index (κ1) is 31.3. The maximum absolute atomic E-state index is 12.9. The van der Waals surface area contributed by atoms with Gasteiger partial charge in [0.25, 0.3) is 0 Å². The maximum Gasteiger partial charge on any atom is 0.410 e. The van der Waals surface area contributed by atoms with E-state index >= 15 is 0 Å². The van der Waals surface area contributed by atoms with E-state index in [9.17, 15) is 24.3 Å². The van der Waals surface area contributed by atoms with Crippen molar-refractivity contribution in [3.63, 3.8) is 0 Å². The van der Waals surface area contributed by atoms with Gasteiger partial charge in [-0.2, -0.15) is 0 Å². The van der Waals surface area contributed by atoms with E-state index in [1.807, 2.05) is 27.7 Å². The summed E-state index contributed by atoms with van der Waals surface area (Å²) in [7, 11) is 1.46. The third-order valence-electron chi connectivity index (χ3n) is 5.90. The molecule has 0 spiro atoms. The highest BCUT2D eigenvalue weighted by molar-refractivity contribution is 6.23. The molecule has 0 aromatic heterocycles. The lowest BCUT2D eigenvalue weighted by Crippen LogP contribution is -2.52. The van der Waals surface area contributed by atoms with Crippen molar-refractivity contribution in [1.82, 2.24) is 10.2 Å². The number of amides is 2. The van der Waals surface area contributed by atoms with E-state index in [1.54, 1.807) is 34.6 Å². The number of rotatable bonds is 10. The zero-order valence-electron chi connectivity index (χ0n) is 23.7. The van der Waals surface area contributed by atoms with E-state index in [1.165, 1.54) is 11.9 Å². The number of ether oxygens (including phenoxy) is 1. The minimum absolute atomic E-state index is 0.0191. The molecule has 0 saturated carbocycles. The molecule has 2 atom stereocenters. The molecule has 0 bridgehead atoms. The maximum atomic E-state index is 12.9. The highest BCUT2D eigenvalue weighted by Crippen LogP contribution is 2.36. The molecule has 1 rings (SSSR count). The molecule has 0 saturated heterocycles. The Labute approximate surface area is 215 Å². The van der Waals surface area contributed by atoms with Crippen molar-refractivity contribution >= 4 is 29.3 Å². The van der Waals surface area contributed by atoms with Crippen molar-refractivity contribution in [3.05, 3.63) is 11.3 Å². The Morgan fingerprint density at radius 2 is 1.75 bits per heavy atom. The molecule has 204 valence electrons. The summed E-state index contributed by atoms with van der Waals surface area (Å²) in [5, 5.41) is 13.4. The van der Waals surface area contributed by atoms with Gasteiger partial charge in [-0.25, -0.2) is 4.79 Å². The van der Waals surface area contributed by atoms with Gasteiger partial charge in [0, 0.05) is 32.0 Å². The van der Waals surface area contributed by atoms with Crippen LogP contribution >= 0.6 is 0 Å². The van der Waals surface area contributed by atoms with Crippen LogP contribution in [0.3, 0.4) is 0 Å². The van der Waals surface area contributed by atoms with Crippen LogP contribution in [-0.4, -0.2) is 70.6 Å². The van der Waals surface area contributed by atoms with Crippen molar-refractivity contribution in [2.75, 3.05) is 13.6 Å². The number of hydrogen-bond acceptors (Lipinski definition) is 7. The molecule has 2 N–H and O–H groups in total. The predicted octanol–water partition coefficient (Wildman–Crippen LogP) is 4.39. The van der Waals surface area contributed by atoms with Crippen LogP contribution in [0.15, 0.2) is 16.3 Å². The van der Waals surface area contributed by atoms with Crippen molar-refractivity contribution in [1.29, 1.82) is 0 Å². The minimum Gasteiger partial charge on any atom is -0.511 e. The lowest BCUT2D eigenvalue weighted by Gasteiger charge is -2.30. The highest BCUT2D eigenvalue weighted by atomic mass is 16.6. The third kappa shape index (κ3) is 9.39. The number of hydrogen-bond donors (Lipinski definition) is 2. The van der Waals surface area contributed by atoms with Gasteiger partial charge in [-0.3, -0.25) is 24.3 Å². The quantitative estimate of drug-likeness (QED) is 0.422. The summed E-state index contributed by atoms with van der Waals surface area (Å²) < 4.78 is 5.32. The SMILES string of the molecule is CCC(=O)[C@H](CN=C(CC(C)C)C1=C(O)CC(C)(C)CC1=O)NC(=O)[C@H](C)N(C)C(=O)OC(C)(C)C. The number of likely N-dealkylation sites (N-methyl/N-ethyl adjacent to an activating group) is 1. The van der Waals surface area contributed by atoms with Crippen LogP contribution in [0.1, 0.15) is 88.0 Å². The van der Waals surface area contributed by atoms with E-state index in [0.29, 0.717) is 25.0 Å². The van der Waals surface area contributed by atoms with Crippen LogP contribution in [0.5, 0.6) is 0 Å². The molecular weight excluding hydrogens is 462 g/mol. The van der Waals surface area contributed by atoms with Gasteiger partial charge in [0.1, 0.15) is 23.4 Å². The van der Waals surface area contributed by atoms with Crippen LogP contribution in [0.25, 0.3) is 0 Å². The number of aliphatic hydroxyl groups is 1. The van der Waals surface area contributed by atoms with Gasteiger partial charge in [0.05, 0.1) is 12.1 Å². The Hall–Kier alpha value is -2.71. The fourth-order valence-corrected chi connectivity index (χ4v) is 3.88. The lowest BCUT2D eigenvalue weighted by atomic mass is 9.75. The zero-order chi connectivity index (χ0) is 28.0. The molecule has 0 aromatic rings. The molecule has 0 radical (unpaired) electrons. The first-order valence-electron chi connectivity index (χ1n) is 12.7. The molecule has 0 fully saturated rings. The number of ketones is 2. The second-order valence-electron chi connectivity index (χ2n) is 11.8. The standard InChI is InChI=1S/C27H45N3O6/c1-11-20(31)19(29-24(34)17(4)30(10)25(35)36-26(5,6)7)15-28-18(12-16(2)3)23-21(32)13-27(8,9)14-22(23)33/h16-17,19,32H,11-15H2,1-10H3,(H,29,34)/t17-,19-/m0/s1. The van der Waals surface area contributed by atoms with Crippen LogP contribution in [0, 0.1) is 11.3 Å². The lowest BCUT2D eigenvalue weighted by molar-refractivity contribution is -0.130. The number of aliphatic imine (C=N–C) groups is 1. The zero-order valence-corrected chi connectivity index (χ0v) is 23.7. The summed E-state index contributed by atoms with van der Waals surface area (Å²) >= 11 is 0. The third-order valence-corrected chi connectivity index (χ3v) is 5.90. The summed E-state index contributed by atoms with van der Waals surface area (Å²) in [5.41, 5.74) is -0.367. The molecule has 0 aromatic carbocycles. The number of allylic oxidation sites excluding steroid dienone is 2. The molecule has 1 aliphatic rings.